The minimum absolute atomic E-state index is 0.106. The monoisotopic (exact) mass is 135 g/mol. The maximum Gasteiger partial charge on any atom is 0.156 e. The Kier molecular flexibility index (Phi) is 2.22. The molecule has 2 heteroatoms. The van der Waals surface area contributed by atoms with Crippen molar-refractivity contribution in [1.82, 2.24) is 0 Å². The molecule has 52 valence electrons. The van der Waals surface area contributed by atoms with Crippen LogP contribution in [0.2, 0.25) is 0 Å². The molecule has 0 aromatic carbocycles. The lowest BCUT2D eigenvalue weighted by molar-refractivity contribution is -0.114. The van der Waals surface area contributed by atoms with Crippen molar-refractivity contribution in [2.75, 3.05) is 0 Å². The van der Waals surface area contributed by atoms with E-state index in [4.69, 9.17) is 5.26 Å². The zero-order chi connectivity index (χ0) is 7.40. The average Bonchev–Trinajstić information content (AvgIpc) is 2.13. The Bertz CT molecular complexity index is 210. The van der Waals surface area contributed by atoms with E-state index in [2.05, 4.69) is 0 Å². The Hall–Kier alpha value is -1.10. The molecule has 0 radical (unpaired) electrons. The number of carbonyl (C=O) groups excluding carboxylic acids is 1. The predicted molar refractivity (Wildman–Crippen MR) is 37.2 cm³/mol. The van der Waals surface area contributed by atoms with Crippen LogP contribution in [0.15, 0.2) is 11.6 Å². The zero-order valence-corrected chi connectivity index (χ0v) is 5.76. The maximum atomic E-state index is 10.8. The van der Waals surface area contributed by atoms with E-state index in [1.165, 1.54) is 6.08 Å². The fourth-order valence-corrected chi connectivity index (χ4v) is 1.04. The second kappa shape index (κ2) is 3.17. The van der Waals surface area contributed by atoms with Gasteiger partial charge in [0.05, 0.1) is 6.07 Å². The first-order valence-corrected chi connectivity index (χ1v) is 3.46. The Balaban J connectivity index is 2.71. The van der Waals surface area contributed by atoms with E-state index in [-0.39, 0.29) is 5.78 Å². The molecular formula is C8H9NO. The number of rotatable bonds is 0. The number of allylic oxidation sites excluding steroid dienone is 2. The molecule has 0 aromatic rings. The summed E-state index contributed by atoms with van der Waals surface area (Å²) >= 11 is 0. The van der Waals surface area contributed by atoms with Crippen LogP contribution in [0.3, 0.4) is 0 Å². The second-order valence-electron chi connectivity index (χ2n) is 2.45. The van der Waals surface area contributed by atoms with E-state index in [0.717, 1.165) is 19.3 Å². The van der Waals surface area contributed by atoms with Crippen molar-refractivity contribution in [3.63, 3.8) is 0 Å². The largest absolute Gasteiger partial charge is 0.295 e. The van der Waals surface area contributed by atoms with Gasteiger partial charge in [-0.1, -0.05) is 0 Å². The van der Waals surface area contributed by atoms with Gasteiger partial charge in [0, 0.05) is 12.0 Å². The number of hydrogen-bond donors (Lipinski definition) is 0. The number of nitriles is 1. The summed E-state index contributed by atoms with van der Waals surface area (Å²) in [7, 11) is 0. The summed E-state index contributed by atoms with van der Waals surface area (Å²) in [4.78, 5) is 10.8. The smallest absolute Gasteiger partial charge is 0.156 e. The van der Waals surface area contributed by atoms with E-state index in [9.17, 15) is 4.79 Å². The molecule has 2 nitrogen and oxygen atoms in total. The number of nitrogens with zero attached hydrogens (tertiary/aromatic N) is 1. The third-order valence-electron chi connectivity index (χ3n) is 1.60. The van der Waals surface area contributed by atoms with E-state index < -0.39 is 0 Å². The van der Waals surface area contributed by atoms with Gasteiger partial charge in [-0.15, -0.1) is 0 Å². The van der Waals surface area contributed by atoms with Gasteiger partial charge < -0.3 is 0 Å². The molecule has 0 fully saturated rings. The van der Waals surface area contributed by atoms with Crippen molar-refractivity contribution in [3.05, 3.63) is 11.6 Å². The number of ketones is 1. The molecule has 1 rings (SSSR count). The molecule has 0 spiro atoms. The molecule has 0 N–H and O–H groups in total. The Labute approximate surface area is 60.2 Å². The van der Waals surface area contributed by atoms with Crippen molar-refractivity contribution in [2.45, 2.75) is 25.7 Å². The molecule has 0 heterocycles. The van der Waals surface area contributed by atoms with Crippen molar-refractivity contribution >= 4 is 5.78 Å². The van der Waals surface area contributed by atoms with Gasteiger partial charge >= 0.3 is 0 Å². The van der Waals surface area contributed by atoms with Gasteiger partial charge in [-0.3, -0.25) is 4.79 Å². The third kappa shape index (κ3) is 1.70. The van der Waals surface area contributed by atoms with E-state index in [1.807, 2.05) is 6.07 Å². The molecule has 0 saturated carbocycles. The van der Waals surface area contributed by atoms with Crippen LogP contribution in [0, 0.1) is 11.3 Å². The van der Waals surface area contributed by atoms with Crippen molar-refractivity contribution in [2.24, 2.45) is 0 Å². The molecule has 0 saturated heterocycles. The fraction of sp³-hybridized carbons (Fsp3) is 0.500. The molecule has 0 aliphatic heterocycles. The van der Waals surface area contributed by atoms with Crippen LogP contribution in [-0.4, -0.2) is 5.78 Å². The van der Waals surface area contributed by atoms with Crippen LogP contribution >= 0.6 is 0 Å². The summed E-state index contributed by atoms with van der Waals surface area (Å²) in [6, 6.07) is 2.01. The highest BCUT2D eigenvalue weighted by Crippen LogP contribution is 2.13. The van der Waals surface area contributed by atoms with E-state index in [0.29, 0.717) is 12.0 Å². The van der Waals surface area contributed by atoms with Gasteiger partial charge in [-0.25, -0.2) is 0 Å². The first-order chi connectivity index (χ1) is 4.83. The molecular weight excluding hydrogens is 126 g/mol. The fourth-order valence-electron chi connectivity index (χ4n) is 1.04. The Morgan fingerprint density at radius 1 is 1.40 bits per heavy atom. The lowest BCUT2D eigenvalue weighted by atomic mass is 10.1. The van der Waals surface area contributed by atoms with Crippen LogP contribution in [-0.2, 0) is 4.79 Å². The number of carbonyl (C=O) groups is 1. The summed E-state index contributed by atoms with van der Waals surface area (Å²) < 4.78 is 0. The van der Waals surface area contributed by atoms with E-state index >= 15 is 0 Å². The normalized spacial score (nSPS) is 19.1. The van der Waals surface area contributed by atoms with Crippen molar-refractivity contribution < 1.29 is 4.79 Å². The minimum atomic E-state index is 0.106. The zero-order valence-electron chi connectivity index (χ0n) is 5.76. The maximum absolute atomic E-state index is 10.8. The minimum Gasteiger partial charge on any atom is -0.295 e. The van der Waals surface area contributed by atoms with Crippen LogP contribution in [0.5, 0.6) is 0 Å². The highest BCUT2D eigenvalue weighted by molar-refractivity contribution is 5.91. The summed E-state index contributed by atoms with van der Waals surface area (Å²) in [6.07, 6.45) is 4.78. The van der Waals surface area contributed by atoms with Crippen molar-refractivity contribution in [3.8, 4) is 6.07 Å². The van der Waals surface area contributed by atoms with Crippen LogP contribution in [0.4, 0.5) is 0 Å². The van der Waals surface area contributed by atoms with Crippen LogP contribution in [0.1, 0.15) is 25.7 Å². The lowest BCUT2D eigenvalue weighted by Gasteiger charge is -1.88. The molecule has 0 bridgehead atoms. The standard InChI is InChI=1S/C8H9NO/c9-6-7-3-1-2-4-8(10)5-7/h5H,1-4H2. The van der Waals surface area contributed by atoms with Crippen LogP contribution < -0.4 is 0 Å². The van der Waals surface area contributed by atoms with Gasteiger partial charge in [0.1, 0.15) is 0 Å². The number of hydrogen-bond acceptors (Lipinski definition) is 2. The molecule has 0 atom stereocenters. The molecule has 1 aliphatic carbocycles. The summed E-state index contributed by atoms with van der Waals surface area (Å²) in [6.45, 7) is 0. The molecule has 0 unspecified atom stereocenters. The SMILES string of the molecule is N#CC1=CC(=O)CCCC1. The summed E-state index contributed by atoms with van der Waals surface area (Å²) in [5.74, 6) is 0.106. The Morgan fingerprint density at radius 3 is 2.80 bits per heavy atom. The summed E-state index contributed by atoms with van der Waals surface area (Å²) in [5.41, 5.74) is 0.641. The highest BCUT2D eigenvalue weighted by Gasteiger charge is 2.06. The third-order valence-corrected chi connectivity index (χ3v) is 1.60. The topological polar surface area (TPSA) is 40.9 Å². The van der Waals surface area contributed by atoms with Crippen LogP contribution in [0.25, 0.3) is 0 Å². The predicted octanol–water partition coefficient (Wildman–Crippen LogP) is 1.58. The molecule has 0 aromatic heterocycles. The van der Waals surface area contributed by atoms with Gasteiger partial charge in [0.25, 0.3) is 0 Å². The molecule has 10 heavy (non-hydrogen) atoms. The van der Waals surface area contributed by atoms with Crippen molar-refractivity contribution in [1.29, 1.82) is 5.26 Å². The lowest BCUT2D eigenvalue weighted by Crippen LogP contribution is -1.89. The molecule has 1 aliphatic rings. The Morgan fingerprint density at radius 2 is 2.10 bits per heavy atom. The van der Waals surface area contributed by atoms with Gasteiger partial charge in [0.2, 0.25) is 0 Å². The van der Waals surface area contributed by atoms with Gasteiger partial charge in [0.15, 0.2) is 5.78 Å². The second-order valence-corrected chi connectivity index (χ2v) is 2.45. The first-order valence-electron chi connectivity index (χ1n) is 3.46. The van der Waals surface area contributed by atoms with E-state index in [1.54, 1.807) is 0 Å². The van der Waals surface area contributed by atoms with Gasteiger partial charge in [-0.05, 0) is 25.3 Å². The average molecular weight is 135 g/mol. The van der Waals surface area contributed by atoms with Gasteiger partial charge in [-0.2, -0.15) is 5.26 Å². The molecule has 0 amide bonds. The highest BCUT2D eigenvalue weighted by atomic mass is 16.1. The first kappa shape index (κ1) is 7.01. The quantitative estimate of drug-likeness (QED) is 0.506. The summed E-state index contributed by atoms with van der Waals surface area (Å²) in [5, 5.41) is 8.46.